The SMILES string of the molecule is Cc1noc(C)c1NC(=O)N(C)C[C@@H]1Oc2ccc(NC(=O)CCCCCC(=O)Nc3ccccc3N)cc2CC(=O)N([C@H](C)CO)C[C@@H]1C. The molecule has 50 heavy (non-hydrogen) atoms. The summed E-state index contributed by atoms with van der Waals surface area (Å²) in [5.41, 5.74) is 9.15. The number of aliphatic hydroxyl groups excluding tert-OH is 1. The number of likely N-dealkylation sites (N-methyl/N-ethyl adjacent to an activating group) is 1. The van der Waals surface area contributed by atoms with Crippen LogP contribution in [0.2, 0.25) is 0 Å². The van der Waals surface area contributed by atoms with Crippen molar-refractivity contribution in [3.8, 4) is 5.75 Å². The second-order valence-electron chi connectivity index (χ2n) is 13.0. The fourth-order valence-electron chi connectivity index (χ4n) is 5.74. The third-order valence-corrected chi connectivity index (χ3v) is 8.81. The lowest BCUT2D eigenvalue weighted by atomic mass is 10.0. The standard InChI is InChI=1S/C36H49N7O7/c1-22-19-43(23(2)21-44)34(47)18-26-17-27(38-32(45)13-7-6-8-14-33(46)39-29-12-10-9-11-28(29)37)15-16-30(26)49-31(22)20-42(5)36(48)40-35-24(3)41-50-25(35)4/h9-12,15-17,22-23,31,44H,6-8,13-14,18-21,37H2,1-5H3,(H,38,45)(H,39,46)(H,40,48)/t22-,23+,31-/m0/s1. The Balaban J connectivity index is 1.38. The number of nitrogen functional groups attached to an aromatic ring is 1. The number of amides is 5. The van der Waals surface area contributed by atoms with Crippen LogP contribution in [-0.2, 0) is 20.8 Å². The largest absolute Gasteiger partial charge is 0.488 e. The van der Waals surface area contributed by atoms with Gasteiger partial charge < -0.3 is 45.9 Å². The molecule has 0 radical (unpaired) electrons. The molecule has 3 aromatic rings. The minimum absolute atomic E-state index is 0.00187. The van der Waals surface area contributed by atoms with Gasteiger partial charge in [-0.1, -0.05) is 30.6 Å². The molecule has 1 aromatic heterocycles. The highest BCUT2D eigenvalue weighted by Gasteiger charge is 2.32. The summed E-state index contributed by atoms with van der Waals surface area (Å²) < 4.78 is 11.7. The molecule has 4 rings (SSSR count). The first-order valence-electron chi connectivity index (χ1n) is 16.9. The Morgan fingerprint density at radius 2 is 1.76 bits per heavy atom. The molecule has 0 unspecified atom stereocenters. The van der Waals surface area contributed by atoms with E-state index in [2.05, 4.69) is 21.1 Å². The number of para-hydroxylation sites is 2. The first kappa shape index (κ1) is 37.7. The molecule has 0 saturated heterocycles. The summed E-state index contributed by atoms with van der Waals surface area (Å²) in [4.78, 5) is 54.9. The molecule has 3 atom stereocenters. The lowest BCUT2D eigenvalue weighted by Crippen LogP contribution is -2.48. The number of ether oxygens (including phenoxy) is 1. The van der Waals surface area contributed by atoms with Crippen LogP contribution in [0.4, 0.5) is 27.5 Å². The van der Waals surface area contributed by atoms with E-state index in [0.29, 0.717) is 77.7 Å². The van der Waals surface area contributed by atoms with Crippen molar-refractivity contribution in [2.75, 3.05) is 48.4 Å². The van der Waals surface area contributed by atoms with Gasteiger partial charge >= 0.3 is 6.03 Å². The third kappa shape index (κ3) is 10.2. The maximum Gasteiger partial charge on any atom is 0.321 e. The molecule has 0 bridgehead atoms. The Morgan fingerprint density at radius 1 is 1.06 bits per heavy atom. The fraction of sp³-hybridized carbons (Fsp3) is 0.472. The van der Waals surface area contributed by atoms with E-state index in [1.165, 1.54) is 4.90 Å². The van der Waals surface area contributed by atoms with Gasteiger partial charge in [0.2, 0.25) is 17.7 Å². The number of aromatic nitrogens is 1. The molecule has 0 saturated carbocycles. The number of nitrogens with two attached hydrogens (primary N) is 1. The predicted octanol–water partition coefficient (Wildman–Crippen LogP) is 4.71. The molecule has 14 heteroatoms. The normalized spacial score (nSPS) is 16.6. The quantitative estimate of drug-likeness (QED) is 0.125. The summed E-state index contributed by atoms with van der Waals surface area (Å²) in [6.07, 6.45) is 2.00. The molecule has 2 aromatic carbocycles. The van der Waals surface area contributed by atoms with Gasteiger partial charge in [-0.05, 0) is 63.9 Å². The van der Waals surface area contributed by atoms with Crippen LogP contribution < -0.4 is 26.4 Å². The molecule has 5 amide bonds. The van der Waals surface area contributed by atoms with Gasteiger partial charge in [-0.25, -0.2) is 4.79 Å². The summed E-state index contributed by atoms with van der Waals surface area (Å²) >= 11 is 0. The van der Waals surface area contributed by atoms with E-state index in [4.69, 9.17) is 15.0 Å². The number of anilines is 4. The fourth-order valence-corrected chi connectivity index (χ4v) is 5.74. The van der Waals surface area contributed by atoms with E-state index in [1.807, 2.05) is 6.92 Å². The summed E-state index contributed by atoms with van der Waals surface area (Å²) in [7, 11) is 1.66. The van der Waals surface area contributed by atoms with Gasteiger partial charge in [0.25, 0.3) is 0 Å². The van der Waals surface area contributed by atoms with Crippen LogP contribution in [0, 0.1) is 19.8 Å². The lowest BCUT2D eigenvalue weighted by molar-refractivity contribution is -0.134. The Hall–Kier alpha value is -5.11. The lowest BCUT2D eigenvalue weighted by Gasteiger charge is -2.34. The van der Waals surface area contributed by atoms with Crippen molar-refractivity contribution in [2.24, 2.45) is 5.92 Å². The number of nitrogens with one attached hydrogen (secondary N) is 3. The molecule has 1 aliphatic heterocycles. The number of hydrogen-bond donors (Lipinski definition) is 5. The molecule has 270 valence electrons. The van der Waals surface area contributed by atoms with Gasteiger partial charge in [0.1, 0.15) is 23.2 Å². The number of hydrogen-bond acceptors (Lipinski definition) is 9. The van der Waals surface area contributed by atoms with E-state index >= 15 is 0 Å². The first-order chi connectivity index (χ1) is 23.9. The van der Waals surface area contributed by atoms with E-state index in [1.54, 1.807) is 75.2 Å². The Labute approximate surface area is 292 Å². The molecule has 0 aliphatic carbocycles. The highest BCUT2D eigenvalue weighted by atomic mass is 16.5. The summed E-state index contributed by atoms with van der Waals surface area (Å²) in [5.74, 6) is 0.258. The Kier molecular flexibility index (Phi) is 13.2. The zero-order valence-electron chi connectivity index (χ0n) is 29.5. The molecule has 1 aliphatic rings. The van der Waals surface area contributed by atoms with E-state index in [-0.39, 0.29) is 55.7 Å². The second-order valence-corrected chi connectivity index (χ2v) is 13.0. The van der Waals surface area contributed by atoms with Crippen LogP contribution in [-0.4, -0.2) is 82.7 Å². The van der Waals surface area contributed by atoms with Crippen molar-refractivity contribution in [2.45, 2.75) is 78.4 Å². The first-order valence-corrected chi connectivity index (χ1v) is 16.9. The predicted molar refractivity (Wildman–Crippen MR) is 191 cm³/mol. The number of aryl methyl sites for hydroxylation is 2. The van der Waals surface area contributed by atoms with Crippen LogP contribution in [0.15, 0.2) is 47.0 Å². The van der Waals surface area contributed by atoms with Crippen molar-refractivity contribution in [3.63, 3.8) is 0 Å². The number of carbonyl (C=O) groups is 4. The number of carbonyl (C=O) groups excluding carboxylic acids is 4. The minimum Gasteiger partial charge on any atom is -0.488 e. The average molecular weight is 692 g/mol. The molecular formula is C36H49N7O7. The number of aliphatic hydroxyl groups is 1. The second kappa shape index (κ2) is 17.5. The zero-order valence-corrected chi connectivity index (χ0v) is 29.5. The molecule has 6 N–H and O–H groups in total. The average Bonchev–Trinajstić information content (AvgIpc) is 3.41. The van der Waals surface area contributed by atoms with Gasteiger partial charge in [-0.2, -0.15) is 0 Å². The number of urea groups is 1. The smallest absolute Gasteiger partial charge is 0.321 e. The number of unbranched alkanes of at least 4 members (excludes halogenated alkanes) is 2. The molecule has 14 nitrogen and oxygen atoms in total. The third-order valence-electron chi connectivity index (χ3n) is 8.81. The van der Waals surface area contributed by atoms with Crippen LogP contribution >= 0.6 is 0 Å². The van der Waals surface area contributed by atoms with Gasteiger partial charge in [0, 0.05) is 43.6 Å². The maximum atomic E-state index is 13.6. The minimum atomic E-state index is -0.513. The highest BCUT2D eigenvalue weighted by molar-refractivity contribution is 5.94. The topological polar surface area (TPSA) is 192 Å². The Morgan fingerprint density at radius 3 is 2.42 bits per heavy atom. The van der Waals surface area contributed by atoms with Crippen molar-refractivity contribution in [1.82, 2.24) is 15.0 Å². The molecule has 0 fully saturated rings. The van der Waals surface area contributed by atoms with Crippen LogP contribution in [0.5, 0.6) is 5.75 Å². The van der Waals surface area contributed by atoms with Gasteiger partial charge in [-0.15, -0.1) is 0 Å². The van der Waals surface area contributed by atoms with E-state index < -0.39 is 12.1 Å². The van der Waals surface area contributed by atoms with E-state index in [0.717, 1.165) is 0 Å². The molecule has 0 spiro atoms. The van der Waals surface area contributed by atoms with Crippen molar-refractivity contribution in [1.29, 1.82) is 0 Å². The van der Waals surface area contributed by atoms with Crippen LogP contribution in [0.3, 0.4) is 0 Å². The van der Waals surface area contributed by atoms with Crippen molar-refractivity contribution < 1.29 is 33.5 Å². The van der Waals surface area contributed by atoms with Crippen molar-refractivity contribution >= 4 is 46.5 Å². The van der Waals surface area contributed by atoms with Crippen LogP contribution in [0.1, 0.15) is 63.0 Å². The summed E-state index contributed by atoms with van der Waals surface area (Å²) in [6, 6.07) is 11.5. The van der Waals surface area contributed by atoms with Gasteiger partial charge in [-0.3, -0.25) is 14.4 Å². The number of fused-ring (bicyclic) bond motifs is 1. The number of nitrogens with zero attached hydrogens (tertiary/aromatic N) is 3. The molecular weight excluding hydrogens is 642 g/mol. The number of rotatable bonds is 13. The Bertz CT molecular complexity index is 1640. The zero-order chi connectivity index (χ0) is 36.4. The van der Waals surface area contributed by atoms with Crippen LogP contribution in [0.25, 0.3) is 0 Å². The highest BCUT2D eigenvalue weighted by Crippen LogP contribution is 2.30. The molecule has 2 heterocycles. The van der Waals surface area contributed by atoms with Gasteiger partial charge in [0.15, 0.2) is 5.76 Å². The van der Waals surface area contributed by atoms with Crippen molar-refractivity contribution in [3.05, 3.63) is 59.5 Å². The maximum absolute atomic E-state index is 13.6. The monoisotopic (exact) mass is 691 g/mol. The summed E-state index contributed by atoms with van der Waals surface area (Å²) in [6.45, 7) is 7.49. The van der Waals surface area contributed by atoms with Gasteiger partial charge in [0.05, 0.1) is 37.0 Å². The summed E-state index contributed by atoms with van der Waals surface area (Å²) in [5, 5.41) is 22.4. The number of benzene rings is 2. The van der Waals surface area contributed by atoms with E-state index in [9.17, 15) is 24.3 Å².